The zero-order valence-electron chi connectivity index (χ0n) is 33.8. The lowest BCUT2D eigenvalue weighted by Crippen LogP contribution is -2.59. The number of fused-ring (bicyclic) bond motifs is 5. The van der Waals surface area contributed by atoms with Crippen molar-refractivity contribution in [3.63, 3.8) is 0 Å². The van der Waals surface area contributed by atoms with Gasteiger partial charge in [-0.2, -0.15) is 0 Å². The third-order valence-electron chi connectivity index (χ3n) is 17.5. The topological polar surface area (TPSA) is 26.0 Å². The van der Waals surface area contributed by atoms with Gasteiger partial charge in [-0.15, -0.1) is 0 Å². The molecule has 268 valence electrons. The number of unbranched alkanes of at least 4 members (excludes halogenated alkanes) is 1. The Balaban J connectivity index is 1.58. The van der Waals surface area contributed by atoms with E-state index in [1.807, 2.05) is 5.57 Å². The van der Waals surface area contributed by atoms with Crippen LogP contribution in [0.3, 0.4) is 0 Å². The Morgan fingerprint density at radius 2 is 1.52 bits per heavy atom. The van der Waals surface area contributed by atoms with Crippen molar-refractivity contribution in [3.05, 3.63) is 11.1 Å². The first kappa shape index (κ1) is 38.5. The maximum atomic E-state index is 7.53. The maximum absolute atomic E-state index is 7.53. The number of rotatable bonds is 14. The number of hydrogen-bond donors (Lipinski definition) is 1. The van der Waals surface area contributed by atoms with E-state index in [1.165, 1.54) is 116 Å². The molecule has 0 aromatic rings. The minimum Gasteiger partial charge on any atom is -0.325 e. The van der Waals surface area contributed by atoms with Crippen molar-refractivity contribution >= 4 is 0 Å². The average molecular weight is 638 g/mol. The molecule has 0 amide bonds. The molecule has 3 fully saturated rings. The van der Waals surface area contributed by atoms with Crippen LogP contribution in [0.2, 0.25) is 0 Å². The van der Waals surface area contributed by atoms with E-state index in [1.54, 1.807) is 5.57 Å². The summed E-state index contributed by atoms with van der Waals surface area (Å²) < 4.78 is 0. The molecule has 0 radical (unpaired) electrons. The summed E-state index contributed by atoms with van der Waals surface area (Å²) in [6, 6.07) is 0. The molecule has 1 nitrogen and oxygen atoms in total. The van der Waals surface area contributed by atoms with Gasteiger partial charge in [0.15, 0.2) is 0 Å². The first-order valence-electron chi connectivity index (χ1n) is 20.8. The van der Waals surface area contributed by atoms with Gasteiger partial charge in [0.25, 0.3) is 0 Å². The van der Waals surface area contributed by atoms with Crippen molar-refractivity contribution in [2.75, 3.05) is 0 Å². The standard InChI is InChI=1S/C45H83N/c1-14-23-45-27-26-41(10,35(7)44(13,46)40(8,9)29-33(5)16-3)30-34(6)38(45)28-39-37(45)22-24-42(11)31-36(21-25-43(39,42)12)20-18-17-19-32(4)15-2/h32-33,35-37,39H,14-31,46H2,1-13H3. The first-order chi connectivity index (χ1) is 21.4. The van der Waals surface area contributed by atoms with Crippen LogP contribution < -0.4 is 5.73 Å². The van der Waals surface area contributed by atoms with Crippen molar-refractivity contribution in [2.24, 2.45) is 68.3 Å². The zero-order valence-corrected chi connectivity index (χ0v) is 33.8. The summed E-state index contributed by atoms with van der Waals surface area (Å²) in [6.45, 7) is 32.8. The Labute approximate surface area is 289 Å². The molecule has 0 aromatic heterocycles. The van der Waals surface area contributed by atoms with Crippen molar-refractivity contribution in [1.82, 2.24) is 0 Å². The summed E-state index contributed by atoms with van der Waals surface area (Å²) in [6.07, 6.45) is 25.3. The molecule has 0 aliphatic heterocycles. The summed E-state index contributed by atoms with van der Waals surface area (Å²) in [5.41, 5.74) is 12.9. The Morgan fingerprint density at radius 1 is 0.848 bits per heavy atom. The van der Waals surface area contributed by atoms with Crippen LogP contribution in [0.25, 0.3) is 0 Å². The molecule has 1 heteroatoms. The molecule has 0 spiro atoms. The van der Waals surface area contributed by atoms with Crippen molar-refractivity contribution < 1.29 is 0 Å². The SMILES string of the molecule is CCCC12CCC(C)(C(C)C(C)(N)C(C)(C)CC(C)CC)CC(C)=C1CC1C2CCC2(C)CC(CCCCC(C)CC)CCC12C. The largest absolute Gasteiger partial charge is 0.325 e. The van der Waals surface area contributed by atoms with Crippen LogP contribution in [0.5, 0.6) is 0 Å². The van der Waals surface area contributed by atoms with E-state index >= 15 is 0 Å². The minimum absolute atomic E-state index is 0.121. The summed E-state index contributed by atoms with van der Waals surface area (Å²) in [5, 5.41) is 0. The van der Waals surface area contributed by atoms with Crippen molar-refractivity contribution in [3.8, 4) is 0 Å². The van der Waals surface area contributed by atoms with Gasteiger partial charge in [-0.3, -0.25) is 0 Å². The van der Waals surface area contributed by atoms with Crippen LogP contribution in [0.4, 0.5) is 0 Å². The molecule has 0 bridgehead atoms. The van der Waals surface area contributed by atoms with Crippen molar-refractivity contribution in [2.45, 2.75) is 211 Å². The van der Waals surface area contributed by atoms with Gasteiger partial charge in [-0.05, 0) is 147 Å². The zero-order chi connectivity index (χ0) is 34.3. The lowest BCUT2D eigenvalue weighted by molar-refractivity contribution is -0.124. The van der Waals surface area contributed by atoms with Gasteiger partial charge in [-0.1, -0.05) is 132 Å². The molecule has 3 saturated carbocycles. The Bertz CT molecular complexity index is 1050. The predicted molar refractivity (Wildman–Crippen MR) is 204 cm³/mol. The highest BCUT2D eigenvalue weighted by molar-refractivity contribution is 5.34. The molecule has 0 aromatic carbocycles. The first-order valence-corrected chi connectivity index (χ1v) is 20.8. The van der Waals surface area contributed by atoms with E-state index in [4.69, 9.17) is 5.73 Å². The van der Waals surface area contributed by atoms with E-state index in [0.717, 1.165) is 29.6 Å². The van der Waals surface area contributed by atoms with Gasteiger partial charge in [0.1, 0.15) is 0 Å². The highest BCUT2D eigenvalue weighted by Gasteiger charge is 2.65. The normalized spacial score (nSPS) is 39.9. The van der Waals surface area contributed by atoms with Gasteiger partial charge in [0.2, 0.25) is 0 Å². The van der Waals surface area contributed by atoms with E-state index in [2.05, 4.69) is 90.0 Å². The van der Waals surface area contributed by atoms with Crippen LogP contribution in [-0.4, -0.2) is 5.54 Å². The van der Waals surface area contributed by atoms with Gasteiger partial charge >= 0.3 is 0 Å². The lowest BCUT2D eigenvalue weighted by atomic mass is 9.43. The fraction of sp³-hybridized carbons (Fsp3) is 0.956. The van der Waals surface area contributed by atoms with Crippen LogP contribution in [0.15, 0.2) is 11.1 Å². The molecular formula is C45H83N. The fourth-order valence-corrected chi connectivity index (χ4v) is 13.0. The number of hydrogen-bond acceptors (Lipinski definition) is 1. The molecule has 4 aliphatic carbocycles. The van der Waals surface area contributed by atoms with Crippen molar-refractivity contribution in [1.29, 1.82) is 0 Å². The average Bonchev–Trinajstić information content (AvgIpc) is 3.28. The second-order valence-corrected chi connectivity index (χ2v) is 20.4. The van der Waals surface area contributed by atoms with Crippen LogP contribution >= 0.6 is 0 Å². The van der Waals surface area contributed by atoms with E-state index in [0.29, 0.717) is 22.2 Å². The monoisotopic (exact) mass is 638 g/mol. The molecule has 11 unspecified atom stereocenters. The highest BCUT2D eigenvalue weighted by atomic mass is 14.8. The van der Waals surface area contributed by atoms with E-state index in [-0.39, 0.29) is 16.4 Å². The smallest absolute Gasteiger partial charge is 0.0208 e. The van der Waals surface area contributed by atoms with Crippen LogP contribution in [0, 0.1) is 62.6 Å². The third-order valence-corrected chi connectivity index (χ3v) is 17.5. The van der Waals surface area contributed by atoms with Crippen LogP contribution in [-0.2, 0) is 0 Å². The molecule has 0 heterocycles. The Kier molecular flexibility index (Phi) is 11.8. The fourth-order valence-electron chi connectivity index (χ4n) is 13.0. The Morgan fingerprint density at radius 3 is 2.15 bits per heavy atom. The minimum atomic E-state index is -0.191. The third kappa shape index (κ3) is 6.74. The second-order valence-electron chi connectivity index (χ2n) is 20.4. The predicted octanol–water partition coefficient (Wildman–Crippen LogP) is 13.9. The van der Waals surface area contributed by atoms with Crippen LogP contribution in [0.1, 0.15) is 206 Å². The van der Waals surface area contributed by atoms with Gasteiger partial charge in [0, 0.05) is 5.54 Å². The molecular weight excluding hydrogens is 555 g/mol. The highest BCUT2D eigenvalue weighted by Crippen LogP contribution is 2.74. The Hall–Kier alpha value is -0.300. The molecule has 2 N–H and O–H groups in total. The summed E-state index contributed by atoms with van der Waals surface area (Å²) >= 11 is 0. The number of nitrogens with two attached hydrogens (primary N) is 1. The molecule has 11 atom stereocenters. The molecule has 46 heavy (non-hydrogen) atoms. The molecule has 4 aliphatic rings. The quantitative estimate of drug-likeness (QED) is 0.149. The summed E-state index contributed by atoms with van der Waals surface area (Å²) in [4.78, 5) is 0. The number of allylic oxidation sites excluding steroid dienone is 2. The molecule has 0 saturated heterocycles. The maximum Gasteiger partial charge on any atom is 0.0208 e. The summed E-state index contributed by atoms with van der Waals surface area (Å²) in [7, 11) is 0. The summed E-state index contributed by atoms with van der Waals surface area (Å²) in [5.74, 6) is 4.88. The van der Waals surface area contributed by atoms with E-state index < -0.39 is 0 Å². The van der Waals surface area contributed by atoms with Gasteiger partial charge in [-0.25, -0.2) is 0 Å². The lowest BCUT2D eigenvalue weighted by Gasteiger charge is -2.62. The molecule has 4 rings (SSSR count). The second kappa shape index (κ2) is 14.1. The van der Waals surface area contributed by atoms with Gasteiger partial charge in [0.05, 0.1) is 0 Å². The van der Waals surface area contributed by atoms with Gasteiger partial charge < -0.3 is 5.73 Å². The van der Waals surface area contributed by atoms with E-state index in [9.17, 15) is 0 Å².